The molecule has 1 heterocycles. The highest BCUT2D eigenvalue weighted by atomic mass is 32.2. The minimum absolute atomic E-state index is 0.271. The van der Waals surface area contributed by atoms with Gasteiger partial charge in [-0.1, -0.05) is 36.8 Å². The molecule has 5 heteroatoms. The number of ether oxygens (including phenoxy) is 1. The standard InChI is InChI=1S/C19H31N3OS/c1-5-24-19(10-12-23-13-11-19)15-21-18(20-3)22(4)14-17-8-6-16(2)7-9-17/h6-9H,5,10-15H2,1-4H3,(H,20,21). The predicted octanol–water partition coefficient (Wildman–Crippen LogP) is 3.30. The lowest BCUT2D eigenvalue weighted by molar-refractivity contribution is 0.0780. The lowest BCUT2D eigenvalue weighted by atomic mass is 9.99. The van der Waals surface area contributed by atoms with Crippen molar-refractivity contribution in [3.63, 3.8) is 0 Å². The Morgan fingerprint density at radius 2 is 1.96 bits per heavy atom. The van der Waals surface area contributed by atoms with Gasteiger partial charge in [0.2, 0.25) is 0 Å². The van der Waals surface area contributed by atoms with Crippen molar-refractivity contribution in [2.24, 2.45) is 4.99 Å². The Bertz CT molecular complexity index is 518. The van der Waals surface area contributed by atoms with Gasteiger partial charge < -0.3 is 15.0 Å². The van der Waals surface area contributed by atoms with Gasteiger partial charge >= 0.3 is 0 Å². The van der Waals surface area contributed by atoms with Crippen LogP contribution >= 0.6 is 11.8 Å². The second-order valence-electron chi connectivity index (χ2n) is 6.47. The van der Waals surface area contributed by atoms with Gasteiger partial charge in [-0.05, 0) is 31.1 Å². The van der Waals surface area contributed by atoms with E-state index in [0.717, 1.165) is 50.9 Å². The van der Waals surface area contributed by atoms with Crippen LogP contribution in [0.3, 0.4) is 0 Å². The van der Waals surface area contributed by atoms with E-state index in [0.29, 0.717) is 0 Å². The summed E-state index contributed by atoms with van der Waals surface area (Å²) in [5.41, 5.74) is 2.59. The van der Waals surface area contributed by atoms with Crippen molar-refractivity contribution < 1.29 is 4.74 Å². The van der Waals surface area contributed by atoms with E-state index in [-0.39, 0.29) is 4.75 Å². The highest BCUT2D eigenvalue weighted by Gasteiger charge is 2.32. The third kappa shape index (κ3) is 5.42. The fraction of sp³-hybridized carbons (Fsp3) is 0.632. The maximum Gasteiger partial charge on any atom is 0.193 e. The summed E-state index contributed by atoms with van der Waals surface area (Å²) in [5.74, 6) is 2.09. The fourth-order valence-electron chi connectivity index (χ4n) is 3.09. The van der Waals surface area contributed by atoms with Crippen LogP contribution in [0.1, 0.15) is 30.9 Å². The molecule has 134 valence electrons. The van der Waals surface area contributed by atoms with Crippen molar-refractivity contribution in [2.75, 3.05) is 39.6 Å². The quantitative estimate of drug-likeness (QED) is 0.631. The Kier molecular flexibility index (Phi) is 7.43. The molecule has 0 radical (unpaired) electrons. The molecule has 0 atom stereocenters. The molecule has 0 spiro atoms. The van der Waals surface area contributed by atoms with Crippen molar-refractivity contribution in [2.45, 2.75) is 38.0 Å². The number of hydrogen-bond acceptors (Lipinski definition) is 3. The summed E-state index contributed by atoms with van der Waals surface area (Å²) in [6.45, 7) is 7.89. The molecule has 0 aromatic heterocycles. The summed E-state index contributed by atoms with van der Waals surface area (Å²) in [7, 11) is 3.95. The summed E-state index contributed by atoms with van der Waals surface area (Å²) < 4.78 is 5.83. The molecule has 1 aromatic rings. The topological polar surface area (TPSA) is 36.9 Å². The maximum absolute atomic E-state index is 5.56. The first-order valence-corrected chi connectivity index (χ1v) is 9.76. The van der Waals surface area contributed by atoms with E-state index in [4.69, 9.17) is 4.74 Å². The van der Waals surface area contributed by atoms with Crippen molar-refractivity contribution in [3.8, 4) is 0 Å². The Hall–Kier alpha value is -1.20. The third-order valence-corrected chi connectivity index (χ3v) is 5.99. The molecular weight excluding hydrogens is 318 g/mol. The first kappa shape index (κ1) is 19.1. The van der Waals surface area contributed by atoms with Crippen molar-refractivity contribution in [1.82, 2.24) is 10.2 Å². The zero-order valence-electron chi connectivity index (χ0n) is 15.5. The zero-order chi connectivity index (χ0) is 17.4. The number of rotatable bonds is 6. The van der Waals surface area contributed by atoms with E-state index in [9.17, 15) is 0 Å². The van der Waals surface area contributed by atoms with Gasteiger partial charge in [0, 0.05) is 45.1 Å². The van der Waals surface area contributed by atoms with Crippen LogP contribution in [0.5, 0.6) is 0 Å². The number of aliphatic imine (C=N–C) groups is 1. The van der Waals surface area contributed by atoms with E-state index in [1.54, 1.807) is 0 Å². The summed E-state index contributed by atoms with van der Waals surface area (Å²) in [5, 5.41) is 3.60. The Balaban J connectivity index is 1.93. The van der Waals surface area contributed by atoms with Gasteiger partial charge in [-0.3, -0.25) is 4.99 Å². The third-order valence-electron chi connectivity index (χ3n) is 4.54. The monoisotopic (exact) mass is 349 g/mol. The number of thioether (sulfide) groups is 1. The second-order valence-corrected chi connectivity index (χ2v) is 8.20. The summed E-state index contributed by atoms with van der Waals surface area (Å²) in [4.78, 5) is 6.66. The summed E-state index contributed by atoms with van der Waals surface area (Å²) in [6.07, 6.45) is 2.22. The molecule has 0 aliphatic carbocycles. The summed E-state index contributed by atoms with van der Waals surface area (Å²) in [6, 6.07) is 8.70. The SMILES string of the molecule is CCSC1(CNC(=NC)N(C)Cc2ccc(C)cc2)CCOCC1. The highest BCUT2D eigenvalue weighted by Crippen LogP contribution is 2.34. The van der Waals surface area contributed by atoms with Crippen LogP contribution < -0.4 is 5.32 Å². The van der Waals surface area contributed by atoms with Crippen LogP contribution in [0.15, 0.2) is 29.3 Å². The van der Waals surface area contributed by atoms with Gasteiger partial charge in [0.25, 0.3) is 0 Å². The van der Waals surface area contributed by atoms with E-state index in [1.165, 1.54) is 11.1 Å². The normalized spacial score (nSPS) is 17.6. The van der Waals surface area contributed by atoms with Crippen LogP contribution in [0.4, 0.5) is 0 Å². The van der Waals surface area contributed by atoms with Gasteiger partial charge in [0.15, 0.2) is 5.96 Å². The molecule has 2 rings (SSSR count). The second kappa shape index (κ2) is 9.33. The zero-order valence-corrected chi connectivity index (χ0v) is 16.3. The van der Waals surface area contributed by atoms with E-state index < -0.39 is 0 Å². The molecule has 1 aromatic carbocycles. The number of aryl methyl sites for hydroxylation is 1. The molecule has 0 unspecified atom stereocenters. The molecule has 4 nitrogen and oxygen atoms in total. The average molecular weight is 350 g/mol. The number of nitrogens with zero attached hydrogens (tertiary/aromatic N) is 2. The smallest absolute Gasteiger partial charge is 0.193 e. The summed E-state index contributed by atoms with van der Waals surface area (Å²) >= 11 is 2.05. The van der Waals surface area contributed by atoms with Crippen LogP contribution in [0.25, 0.3) is 0 Å². The number of benzene rings is 1. The number of hydrogen-bond donors (Lipinski definition) is 1. The van der Waals surface area contributed by atoms with E-state index in [1.807, 2.05) is 7.05 Å². The number of nitrogens with one attached hydrogen (secondary N) is 1. The van der Waals surface area contributed by atoms with E-state index in [2.05, 4.69) is 72.1 Å². The molecule has 1 saturated heterocycles. The first-order chi connectivity index (χ1) is 11.6. The predicted molar refractivity (Wildman–Crippen MR) is 105 cm³/mol. The van der Waals surface area contributed by atoms with Gasteiger partial charge in [0.1, 0.15) is 0 Å². The Morgan fingerprint density at radius 1 is 1.29 bits per heavy atom. The van der Waals surface area contributed by atoms with Gasteiger partial charge in [-0.2, -0.15) is 11.8 Å². The van der Waals surface area contributed by atoms with E-state index >= 15 is 0 Å². The molecule has 1 aliphatic heterocycles. The Morgan fingerprint density at radius 3 is 2.54 bits per heavy atom. The molecule has 0 bridgehead atoms. The first-order valence-electron chi connectivity index (χ1n) is 8.77. The highest BCUT2D eigenvalue weighted by molar-refractivity contribution is 8.00. The van der Waals surface area contributed by atoms with Gasteiger partial charge in [0.05, 0.1) is 0 Å². The minimum atomic E-state index is 0.271. The lowest BCUT2D eigenvalue weighted by Crippen LogP contribution is -2.48. The van der Waals surface area contributed by atoms with Crippen molar-refractivity contribution >= 4 is 17.7 Å². The maximum atomic E-state index is 5.56. The molecule has 0 saturated carbocycles. The van der Waals surface area contributed by atoms with Crippen molar-refractivity contribution in [3.05, 3.63) is 35.4 Å². The Labute approximate surface area is 151 Å². The molecular formula is C19H31N3OS. The van der Waals surface area contributed by atoms with Gasteiger partial charge in [-0.15, -0.1) is 0 Å². The van der Waals surface area contributed by atoms with Gasteiger partial charge in [-0.25, -0.2) is 0 Å². The molecule has 1 aliphatic rings. The van der Waals surface area contributed by atoms with Crippen LogP contribution in [0, 0.1) is 6.92 Å². The van der Waals surface area contributed by atoms with Crippen LogP contribution in [0.2, 0.25) is 0 Å². The average Bonchev–Trinajstić information content (AvgIpc) is 2.58. The van der Waals surface area contributed by atoms with Crippen molar-refractivity contribution in [1.29, 1.82) is 0 Å². The number of guanidine groups is 1. The molecule has 1 N–H and O–H groups in total. The molecule has 24 heavy (non-hydrogen) atoms. The largest absolute Gasteiger partial charge is 0.381 e. The molecule has 1 fully saturated rings. The fourth-order valence-corrected chi connectivity index (χ4v) is 4.33. The lowest BCUT2D eigenvalue weighted by Gasteiger charge is -2.37. The molecule has 0 amide bonds. The minimum Gasteiger partial charge on any atom is -0.381 e. The van der Waals surface area contributed by atoms with Crippen LogP contribution in [-0.2, 0) is 11.3 Å². The van der Waals surface area contributed by atoms with Crippen LogP contribution in [-0.4, -0.2) is 55.2 Å².